The third kappa shape index (κ3) is 4.73. The van der Waals surface area contributed by atoms with Crippen molar-refractivity contribution in [3.05, 3.63) is 51.6 Å². The van der Waals surface area contributed by atoms with E-state index >= 15 is 0 Å². The molecule has 0 atom stereocenters. The number of aromatic nitrogens is 1. The number of nitrogens with zero attached hydrogens (tertiary/aromatic N) is 2. The zero-order valence-corrected chi connectivity index (χ0v) is 16.7. The smallest absolute Gasteiger partial charge is 0.242 e. The summed E-state index contributed by atoms with van der Waals surface area (Å²) in [5, 5.41) is 0.181. The van der Waals surface area contributed by atoms with Gasteiger partial charge < -0.3 is 4.90 Å². The van der Waals surface area contributed by atoms with E-state index in [9.17, 15) is 8.42 Å². The van der Waals surface area contributed by atoms with Crippen LogP contribution in [-0.2, 0) is 16.6 Å². The highest BCUT2D eigenvalue weighted by atomic mass is 79.9. The van der Waals surface area contributed by atoms with E-state index in [2.05, 4.69) is 30.5 Å². The van der Waals surface area contributed by atoms with Gasteiger partial charge in [0, 0.05) is 30.3 Å². The number of hydrogen-bond acceptors (Lipinski definition) is 4. The predicted octanol–water partition coefficient (Wildman–Crippen LogP) is 3.97. The fourth-order valence-corrected chi connectivity index (χ4v) is 4.83. The van der Waals surface area contributed by atoms with Gasteiger partial charge in [-0.15, -0.1) is 0 Å². The van der Waals surface area contributed by atoms with Gasteiger partial charge in [-0.25, -0.2) is 18.1 Å². The van der Waals surface area contributed by atoms with E-state index in [1.165, 1.54) is 25.3 Å². The van der Waals surface area contributed by atoms with Gasteiger partial charge in [-0.2, -0.15) is 0 Å². The summed E-state index contributed by atoms with van der Waals surface area (Å²) in [6.45, 7) is 2.23. The molecule has 0 amide bonds. The van der Waals surface area contributed by atoms with E-state index in [-0.39, 0.29) is 16.5 Å². The number of sulfonamides is 1. The Balaban J connectivity index is 1.66. The molecular weight excluding hydrogens is 426 g/mol. The molecule has 0 spiro atoms. The lowest BCUT2D eigenvalue weighted by Gasteiger charge is -2.27. The van der Waals surface area contributed by atoms with Gasteiger partial charge in [-0.05, 0) is 49.1 Å². The Hall–Kier alpha value is -1.15. The van der Waals surface area contributed by atoms with Crippen molar-refractivity contribution in [1.82, 2.24) is 9.71 Å². The first-order valence-corrected chi connectivity index (χ1v) is 10.8. The van der Waals surface area contributed by atoms with E-state index in [0.29, 0.717) is 0 Å². The van der Waals surface area contributed by atoms with Crippen molar-refractivity contribution in [3.8, 4) is 0 Å². The Morgan fingerprint density at radius 2 is 1.92 bits per heavy atom. The molecule has 0 bridgehead atoms. The number of nitrogens with one attached hydrogen (secondary N) is 1. The highest BCUT2D eigenvalue weighted by Gasteiger charge is 2.18. The highest BCUT2D eigenvalue weighted by Crippen LogP contribution is 2.25. The first-order valence-electron chi connectivity index (χ1n) is 8.10. The summed E-state index contributed by atoms with van der Waals surface area (Å²) in [4.78, 5) is 6.79. The van der Waals surface area contributed by atoms with Gasteiger partial charge in [0.15, 0.2) is 0 Å². The van der Waals surface area contributed by atoms with Crippen molar-refractivity contribution in [2.75, 3.05) is 18.0 Å². The molecular formula is C17H19BrClN3O2S. The van der Waals surface area contributed by atoms with E-state index in [0.717, 1.165) is 28.9 Å². The fourth-order valence-electron chi connectivity index (χ4n) is 2.78. The summed E-state index contributed by atoms with van der Waals surface area (Å²) in [5.74, 6) is 0.947. The number of rotatable bonds is 5. The molecule has 1 aromatic heterocycles. The van der Waals surface area contributed by atoms with E-state index < -0.39 is 10.0 Å². The third-order valence-corrected chi connectivity index (χ3v) is 6.52. The molecule has 0 unspecified atom stereocenters. The third-order valence-electron chi connectivity index (χ3n) is 4.14. The minimum Gasteiger partial charge on any atom is -0.357 e. The van der Waals surface area contributed by atoms with Crippen LogP contribution in [0.1, 0.15) is 24.8 Å². The van der Waals surface area contributed by atoms with Crippen LogP contribution in [0.15, 0.2) is 45.9 Å². The summed E-state index contributed by atoms with van der Waals surface area (Å²) < 4.78 is 28.1. The number of piperidine rings is 1. The molecule has 1 N–H and O–H groups in total. The molecule has 1 aliphatic heterocycles. The van der Waals surface area contributed by atoms with Gasteiger partial charge in [0.1, 0.15) is 10.7 Å². The van der Waals surface area contributed by atoms with Gasteiger partial charge in [-0.1, -0.05) is 33.6 Å². The summed E-state index contributed by atoms with van der Waals surface area (Å²) in [5.41, 5.74) is 0.803. The van der Waals surface area contributed by atoms with Crippen LogP contribution in [0, 0.1) is 0 Å². The minimum absolute atomic E-state index is 0.0651. The number of halogens is 2. The highest BCUT2D eigenvalue weighted by molar-refractivity contribution is 9.10. The number of benzene rings is 1. The molecule has 2 heterocycles. The summed E-state index contributed by atoms with van der Waals surface area (Å²) >= 11 is 9.30. The Kier molecular flexibility index (Phi) is 5.99. The van der Waals surface area contributed by atoms with Crippen molar-refractivity contribution in [2.45, 2.75) is 30.7 Å². The summed E-state index contributed by atoms with van der Waals surface area (Å²) in [6.07, 6.45) is 5.37. The van der Waals surface area contributed by atoms with Crippen molar-refractivity contribution in [3.63, 3.8) is 0 Å². The SMILES string of the molecule is O=S(=O)(NCc1ccc(N2CCCCC2)nc1)c1ccc(Br)cc1Cl. The normalized spacial score (nSPS) is 15.4. The Labute approximate surface area is 161 Å². The molecule has 1 fully saturated rings. The van der Waals surface area contributed by atoms with Gasteiger partial charge in [0.2, 0.25) is 10.0 Å². The lowest BCUT2D eigenvalue weighted by atomic mass is 10.1. The second kappa shape index (κ2) is 8.03. The zero-order valence-electron chi connectivity index (χ0n) is 13.6. The molecule has 1 saturated heterocycles. The van der Waals surface area contributed by atoms with Gasteiger partial charge in [-0.3, -0.25) is 0 Å². The van der Waals surface area contributed by atoms with Gasteiger partial charge in [0.05, 0.1) is 5.02 Å². The first-order chi connectivity index (χ1) is 12.0. The molecule has 1 aromatic carbocycles. The van der Waals surface area contributed by atoms with E-state index in [4.69, 9.17) is 11.6 Å². The zero-order chi connectivity index (χ0) is 17.9. The Bertz CT molecular complexity index is 837. The van der Waals surface area contributed by atoms with Crippen molar-refractivity contribution < 1.29 is 8.42 Å². The molecule has 2 aromatic rings. The lowest BCUT2D eigenvalue weighted by molar-refractivity contribution is 0.573. The van der Waals surface area contributed by atoms with Crippen molar-refractivity contribution >= 4 is 43.4 Å². The molecule has 25 heavy (non-hydrogen) atoms. The van der Waals surface area contributed by atoms with Crippen molar-refractivity contribution in [1.29, 1.82) is 0 Å². The topological polar surface area (TPSA) is 62.3 Å². The number of pyridine rings is 1. The monoisotopic (exact) mass is 443 g/mol. The van der Waals surface area contributed by atoms with Crippen LogP contribution in [0.2, 0.25) is 5.02 Å². The molecule has 3 rings (SSSR count). The molecule has 0 radical (unpaired) electrons. The average Bonchev–Trinajstić information content (AvgIpc) is 2.61. The molecule has 5 nitrogen and oxygen atoms in total. The predicted molar refractivity (Wildman–Crippen MR) is 103 cm³/mol. The molecule has 134 valence electrons. The van der Waals surface area contributed by atoms with Crippen molar-refractivity contribution in [2.24, 2.45) is 0 Å². The summed E-state index contributed by atoms with van der Waals surface area (Å²) in [7, 11) is -3.68. The number of hydrogen-bond donors (Lipinski definition) is 1. The van der Waals surface area contributed by atoms with Gasteiger partial charge in [0.25, 0.3) is 0 Å². The molecule has 8 heteroatoms. The van der Waals surface area contributed by atoms with Crippen LogP contribution in [0.25, 0.3) is 0 Å². The van der Waals surface area contributed by atoms with Crippen LogP contribution in [0.3, 0.4) is 0 Å². The van der Waals surface area contributed by atoms with Crippen LogP contribution in [0.4, 0.5) is 5.82 Å². The maximum atomic E-state index is 12.4. The molecule has 1 aliphatic rings. The molecule has 0 saturated carbocycles. The van der Waals surface area contributed by atoms with E-state index in [1.54, 1.807) is 18.3 Å². The molecule has 0 aliphatic carbocycles. The van der Waals surface area contributed by atoms with E-state index in [1.807, 2.05) is 12.1 Å². The second-order valence-electron chi connectivity index (χ2n) is 5.97. The van der Waals surface area contributed by atoms with Crippen LogP contribution in [0.5, 0.6) is 0 Å². The van der Waals surface area contributed by atoms with Gasteiger partial charge >= 0.3 is 0 Å². The Morgan fingerprint density at radius 1 is 1.16 bits per heavy atom. The average molecular weight is 445 g/mol. The fraction of sp³-hybridized carbons (Fsp3) is 0.353. The standard InChI is InChI=1S/C17H19BrClN3O2S/c18-14-5-6-16(15(19)10-14)25(23,24)21-12-13-4-7-17(20-11-13)22-8-2-1-3-9-22/h4-7,10-11,21H,1-3,8-9,12H2. The maximum Gasteiger partial charge on any atom is 0.242 e. The summed E-state index contributed by atoms with van der Waals surface area (Å²) in [6, 6.07) is 8.54. The Morgan fingerprint density at radius 3 is 2.56 bits per heavy atom. The lowest BCUT2D eigenvalue weighted by Crippen LogP contribution is -2.30. The largest absolute Gasteiger partial charge is 0.357 e. The van der Waals surface area contributed by atoms with Crippen LogP contribution >= 0.6 is 27.5 Å². The quantitative estimate of drug-likeness (QED) is 0.758. The first kappa shape index (κ1) is 18.6. The number of anilines is 1. The van der Waals surface area contributed by atoms with Crippen LogP contribution in [-0.4, -0.2) is 26.5 Å². The minimum atomic E-state index is -3.68. The maximum absolute atomic E-state index is 12.4. The second-order valence-corrected chi connectivity index (χ2v) is 9.03. The van der Waals surface area contributed by atoms with Crippen LogP contribution < -0.4 is 9.62 Å².